The predicted molar refractivity (Wildman–Crippen MR) is 90.8 cm³/mol. The quantitative estimate of drug-likeness (QED) is 0.690. The third kappa shape index (κ3) is 3.58. The lowest BCUT2D eigenvalue weighted by atomic mass is 9.87. The maximum absolute atomic E-state index is 12.5. The third-order valence-electron chi connectivity index (χ3n) is 4.84. The number of benzene rings is 1. The average Bonchev–Trinajstić information content (AvgIpc) is 3.35. The van der Waals surface area contributed by atoms with Gasteiger partial charge in [-0.25, -0.2) is 0 Å². The van der Waals surface area contributed by atoms with Gasteiger partial charge >= 0.3 is 0 Å². The Morgan fingerprint density at radius 3 is 2.74 bits per heavy atom. The summed E-state index contributed by atoms with van der Waals surface area (Å²) >= 11 is 12.4. The number of hydrogen-bond donors (Lipinski definition) is 0. The van der Waals surface area contributed by atoms with E-state index in [2.05, 4.69) is 0 Å². The third-order valence-corrected chi connectivity index (χ3v) is 5.40. The molecule has 5 heteroatoms. The summed E-state index contributed by atoms with van der Waals surface area (Å²) < 4.78 is 12.0. The van der Waals surface area contributed by atoms with Crippen LogP contribution in [0, 0.1) is 5.41 Å². The van der Waals surface area contributed by atoms with Crippen LogP contribution in [-0.2, 0) is 14.3 Å². The normalized spacial score (nSPS) is 24.2. The maximum Gasteiger partial charge on any atom is 0.158 e. The standard InChI is InChI=1S/C18H22Cl2O3/c1-2-15(21)18(8-9-18)17(23-16-5-3-4-10-22-16)13-7-6-12(19)11-14(13)20/h6-7,11,16-17H,2-5,8-10H2,1H3. The molecule has 1 aliphatic heterocycles. The minimum Gasteiger partial charge on any atom is -0.353 e. The van der Waals surface area contributed by atoms with Gasteiger partial charge in [0.2, 0.25) is 0 Å². The van der Waals surface area contributed by atoms with Gasteiger partial charge in [0, 0.05) is 28.6 Å². The molecular formula is C18H22Cl2O3. The van der Waals surface area contributed by atoms with Crippen LogP contribution >= 0.6 is 23.2 Å². The monoisotopic (exact) mass is 356 g/mol. The van der Waals surface area contributed by atoms with Gasteiger partial charge in [0.1, 0.15) is 5.78 Å². The molecule has 2 aliphatic rings. The number of Topliss-reactive ketones (excluding diaryl/α,β-unsaturated/α-hetero) is 1. The Hall–Kier alpha value is -0.610. The Bertz CT molecular complexity index is 578. The Morgan fingerprint density at radius 2 is 2.17 bits per heavy atom. The van der Waals surface area contributed by atoms with Crippen LogP contribution in [-0.4, -0.2) is 18.7 Å². The van der Waals surface area contributed by atoms with Crippen LogP contribution in [0.3, 0.4) is 0 Å². The first-order chi connectivity index (χ1) is 11.1. The molecule has 3 nitrogen and oxygen atoms in total. The molecule has 0 N–H and O–H groups in total. The highest BCUT2D eigenvalue weighted by Gasteiger charge is 2.56. The summed E-state index contributed by atoms with van der Waals surface area (Å²) in [6.45, 7) is 2.61. The fraction of sp³-hybridized carbons (Fsp3) is 0.611. The molecule has 0 bridgehead atoms. The fourth-order valence-electron chi connectivity index (χ4n) is 3.36. The first-order valence-corrected chi connectivity index (χ1v) is 9.08. The van der Waals surface area contributed by atoms with Crippen LogP contribution < -0.4 is 0 Å². The van der Waals surface area contributed by atoms with Gasteiger partial charge < -0.3 is 9.47 Å². The minimum atomic E-state index is -0.451. The van der Waals surface area contributed by atoms with Crippen molar-refractivity contribution in [2.24, 2.45) is 5.41 Å². The van der Waals surface area contributed by atoms with Crippen molar-refractivity contribution in [1.82, 2.24) is 0 Å². The molecule has 2 fully saturated rings. The van der Waals surface area contributed by atoms with E-state index in [1.807, 2.05) is 13.0 Å². The summed E-state index contributed by atoms with van der Waals surface area (Å²) in [6.07, 6.45) is 4.58. The number of carbonyl (C=O) groups excluding carboxylic acids is 1. The Labute approximate surface area is 147 Å². The number of rotatable bonds is 6. The number of ketones is 1. The summed E-state index contributed by atoms with van der Waals surface area (Å²) in [7, 11) is 0. The van der Waals surface area contributed by atoms with Gasteiger partial charge in [-0.1, -0.05) is 36.2 Å². The van der Waals surface area contributed by atoms with Crippen LogP contribution in [0.1, 0.15) is 57.1 Å². The predicted octanol–water partition coefficient (Wildman–Crippen LogP) is 5.34. The summed E-state index contributed by atoms with van der Waals surface area (Å²) in [4.78, 5) is 12.5. The summed E-state index contributed by atoms with van der Waals surface area (Å²) in [5, 5.41) is 1.13. The average molecular weight is 357 g/mol. The molecule has 1 saturated heterocycles. The van der Waals surface area contributed by atoms with Crippen LogP contribution in [0.25, 0.3) is 0 Å². The van der Waals surface area contributed by atoms with Crippen molar-refractivity contribution in [2.75, 3.05) is 6.61 Å². The van der Waals surface area contributed by atoms with E-state index < -0.39 is 5.41 Å². The van der Waals surface area contributed by atoms with Gasteiger partial charge in [-0.3, -0.25) is 4.79 Å². The van der Waals surface area contributed by atoms with Crippen molar-refractivity contribution in [2.45, 2.75) is 57.8 Å². The molecule has 126 valence electrons. The van der Waals surface area contributed by atoms with E-state index in [0.29, 0.717) is 23.1 Å². The molecule has 23 heavy (non-hydrogen) atoms. The van der Waals surface area contributed by atoms with Crippen molar-refractivity contribution in [3.05, 3.63) is 33.8 Å². The van der Waals surface area contributed by atoms with Crippen LogP contribution in [0.5, 0.6) is 0 Å². The molecular weight excluding hydrogens is 335 g/mol. The SMILES string of the molecule is CCC(=O)C1(C(OC2CCCCO2)c2ccc(Cl)cc2Cl)CC1. The minimum absolute atomic E-state index is 0.240. The van der Waals surface area contributed by atoms with Crippen molar-refractivity contribution < 1.29 is 14.3 Å². The molecule has 1 aromatic rings. The van der Waals surface area contributed by atoms with E-state index >= 15 is 0 Å². The first kappa shape index (κ1) is 17.2. The van der Waals surface area contributed by atoms with E-state index in [1.165, 1.54) is 0 Å². The van der Waals surface area contributed by atoms with Crippen molar-refractivity contribution in [3.63, 3.8) is 0 Å². The van der Waals surface area contributed by atoms with Crippen LogP contribution in [0.4, 0.5) is 0 Å². The fourth-order valence-corrected chi connectivity index (χ4v) is 3.87. The van der Waals surface area contributed by atoms with E-state index in [-0.39, 0.29) is 18.2 Å². The lowest BCUT2D eigenvalue weighted by Crippen LogP contribution is -2.32. The van der Waals surface area contributed by atoms with Gasteiger partial charge in [-0.2, -0.15) is 0 Å². The topological polar surface area (TPSA) is 35.5 Å². The highest BCUT2D eigenvalue weighted by Crippen LogP contribution is 2.59. The summed E-state index contributed by atoms with van der Waals surface area (Å²) in [6, 6.07) is 5.39. The van der Waals surface area contributed by atoms with Gasteiger partial charge in [0.25, 0.3) is 0 Å². The smallest absolute Gasteiger partial charge is 0.158 e. The molecule has 0 radical (unpaired) electrons. The second-order valence-corrected chi connectivity index (χ2v) is 7.25. The maximum atomic E-state index is 12.5. The number of halogens is 2. The zero-order valence-electron chi connectivity index (χ0n) is 13.3. The molecule has 0 aromatic heterocycles. The molecule has 2 unspecified atom stereocenters. The molecule has 1 aromatic carbocycles. The molecule has 0 amide bonds. The van der Waals surface area contributed by atoms with Crippen molar-refractivity contribution in [1.29, 1.82) is 0 Å². The molecule has 2 atom stereocenters. The van der Waals surface area contributed by atoms with Crippen LogP contribution in [0.15, 0.2) is 18.2 Å². The first-order valence-electron chi connectivity index (χ1n) is 8.32. The van der Waals surface area contributed by atoms with Gasteiger partial charge in [-0.05, 0) is 44.2 Å². The lowest BCUT2D eigenvalue weighted by Gasteiger charge is -2.33. The van der Waals surface area contributed by atoms with Gasteiger partial charge in [-0.15, -0.1) is 0 Å². The van der Waals surface area contributed by atoms with E-state index in [4.69, 9.17) is 32.7 Å². The Balaban J connectivity index is 1.91. The number of carbonyl (C=O) groups is 1. The van der Waals surface area contributed by atoms with Gasteiger partial charge in [0.15, 0.2) is 6.29 Å². The highest BCUT2D eigenvalue weighted by atomic mass is 35.5. The Morgan fingerprint density at radius 1 is 1.39 bits per heavy atom. The van der Waals surface area contributed by atoms with Crippen molar-refractivity contribution in [3.8, 4) is 0 Å². The van der Waals surface area contributed by atoms with Gasteiger partial charge in [0.05, 0.1) is 11.5 Å². The van der Waals surface area contributed by atoms with E-state index in [0.717, 1.165) is 37.7 Å². The number of ether oxygens (including phenoxy) is 2. The summed E-state index contributed by atoms with van der Waals surface area (Å²) in [5.41, 5.74) is 0.386. The van der Waals surface area contributed by atoms with Crippen LogP contribution in [0.2, 0.25) is 10.0 Å². The van der Waals surface area contributed by atoms with E-state index in [9.17, 15) is 4.79 Å². The largest absolute Gasteiger partial charge is 0.353 e. The second kappa shape index (κ2) is 7.10. The molecule has 1 heterocycles. The number of hydrogen-bond acceptors (Lipinski definition) is 3. The molecule has 1 saturated carbocycles. The highest BCUT2D eigenvalue weighted by molar-refractivity contribution is 6.35. The molecule has 1 aliphatic carbocycles. The molecule has 3 rings (SSSR count). The Kier molecular flexibility index (Phi) is 5.32. The lowest BCUT2D eigenvalue weighted by molar-refractivity contribution is -0.204. The summed E-state index contributed by atoms with van der Waals surface area (Å²) in [5.74, 6) is 0.240. The van der Waals surface area contributed by atoms with Crippen molar-refractivity contribution >= 4 is 29.0 Å². The second-order valence-electron chi connectivity index (χ2n) is 6.41. The molecule has 0 spiro atoms. The van der Waals surface area contributed by atoms with E-state index in [1.54, 1.807) is 12.1 Å². The zero-order chi connectivity index (χ0) is 16.4. The zero-order valence-corrected chi connectivity index (χ0v) is 14.8.